The van der Waals surface area contributed by atoms with Gasteiger partial charge in [-0.2, -0.15) is 0 Å². The van der Waals surface area contributed by atoms with Crippen LogP contribution in [0.15, 0.2) is 0 Å². The smallest absolute Gasteiger partial charge is 0.303 e. The Labute approximate surface area is 164 Å². The molecule has 8 nitrogen and oxygen atoms in total. The average molecular weight is 316 g/mol. The zero-order chi connectivity index (χ0) is 9.00. The van der Waals surface area contributed by atoms with Crippen molar-refractivity contribution in [1.82, 2.24) is 0 Å². The Kier molecular flexibility index (Phi) is 32.7. The van der Waals surface area contributed by atoms with Gasteiger partial charge in [0.2, 0.25) is 0 Å². The maximum absolute atomic E-state index is 8.88. The van der Waals surface area contributed by atoms with Crippen LogP contribution in [0.2, 0.25) is 0 Å². The van der Waals surface area contributed by atoms with E-state index in [0.717, 1.165) is 0 Å². The summed E-state index contributed by atoms with van der Waals surface area (Å²) in [5.41, 5.74) is 0. The van der Waals surface area contributed by atoms with Crippen LogP contribution in [0.1, 0.15) is 0 Å². The molecule has 6 N–H and O–H groups in total. The standard InChI is InChI=1S/3Ca.2H3O4P/c;;;2*1-5(2,3)4/h;;;2*(H3,1,2,3,4)/q3*+2;;. The Hall–Kier alpha value is 4.00. The van der Waals surface area contributed by atoms with Crippen molar-refractivity contribution < 1.29 is 38.5 Å². The predicted octanol–water partition coefficient (Wildman–Crippen LogP) is -3.00. The van der Waals surface area contributed by atoms with Gasteiger partial charge in [0.1, 0.15) is 0 Å². The molecule has 0 aromatic rings. The van der Waals surface area contributed by atoms with E-state index in [9.17, 15) is 0 Å². The fourth-order valence-electron chi connectivity index (χ4n) is 0. The number of rotatable bonds is 0. The monoisotopic (exact) mass is 316 g/mol. The molecule has 0 heterocycles. The van der Waals surface area contributed by atoms with E-state index in [1.165, 1.54) is 0 Å². The van der Waals surface area contributed by atoms with Gasteiger partial charge in [0, 0.05) is 0 Å². The minimum atomic E-state index is -4.64. The normalized spacial score (nSPS) is 9.08. The van der Waals surface area contributed by atoms with E-state index in [1.54, 1.807) is 0 Å². The Morgan fingerprint density at radius 2 is 0.538 bits per heavy atom. The first-order valence-corrected chi connectivity index (χ1v) is 4.70. The molecule has 0 bridgehead atoms. The van der Waals surface area contributed by atoms with Crippen molar-refractivity contribution in [1.29, 1.82) is 0 Å². The number of phosphoric acid groups is 2. The molecule has 64 valence electrons. The summed E-state index contributed by atoms with van der Waals surface area (Å²) < 4.78 is 17.8. The van der Waals surface area contributed by atoms with Gasteiger partial charge in [-0.3, -0.25) is 0 Å². The van der Waals surface area contributed by atoms with Gasteiger partial charge in [-0.15, -0.1) is 0 Å². The first-order valence-electron chi connectivity index (χ1n) is 1.57. The van der Waals surface area contributed by atoms with E-state index >= 15 is 0 Å². The van der Waals surface area contributed by atoms with Crippen LogP contribution in [0.4, 0.5) is 0 Å². The summed E-state index contributed by atoms with van der Waals surface area (Å²) in [6.45, 7) is 0. The fraction of sp³-hybridized carbons (Fsp3) is 0. The Balaban J connectivity index is -0.0000000267. The molecule has 13 heteroatoms. The van der Waals surface area contributed by atoms with Crippen molar-refractivity contribution in [2.75, 3.05) is 0 Å². The maximum Gasteiger partial charge on any atom is 2.00 e. The van der Waals surface area contributed by atoms with Crippen molar-refractivity contribution in [3.05, 3.63) is 0 Å². The van der Waals surface area contributed by atoms with Gasteiger partial charge < -0.3 is 29.4 Å². The van der Waals surface area contributed by atoms with Gasteiger partial charge in [-0.1, -0.05) is 0 Å². The van der Waals surface area contributed by atoms with E-state index in [4.69, 9.17) is 38.5 Å². The van der Waals surface area contributed by atoms with Gasteiger partial charge in [0.05, 0.1) is 0 Å². The van der Waals surface area contributed by atoms with Crippen LogP contribution in [0.5, 0.6) is 0 Å². The third kappa shape index (κ3) is 196. The second kappa shape index (κ2) is 14.1. The van der Waals surface area contributed by atoms with Crippen LogP contribution >= 0.6 is 15.6 Å². The molecular weight excluding hydrogens is 310 g/mol. The molecule has 0 unspecified atom stereocenters. The quantitative estimate of drug-likeness (QED) is 0.204. The Morgan fingerprint density at radius 1 is 0.538 bits per heavy atom. The molecule has 0 rings (SSSR count). The molecule has 0 saturated heterocycles. The van der Waals surface area contributed by atoms with Crippen molar-refractivity contribution in [3.8, 4) is 0 Å². The summed E-state index contributed by atoms with van der Waals surface area (Å²) in [6, 6.07) is 0. The molecule has 13 heavy (non-hydrogen) atoms. The maximum atomic E-state index is 8.88. The zero-order valence-electron chi connectivity index (χ0n) is 6.52. The third-order valence-electron chi connectivity index (χ3n) is 0. The van der Waals surface area contributed by atoms with Crippen LogP contribution in [0.25, 0.3) is 0 Å². The second-order valence-corrected chi connectivity index (χ2v) is 3.08. The minimum Gasteiger partial charge on any atom is -0.303 e. The summed E-state index contributed by atoms with van der Waals surface area (Å²) in [4.78, 5) is 43.1. The van der Waals surface area contributed by atoms with Crippen LogP contribution in [0, 0.1) is 0 Å². The molecule has 0 atom stereocenters. The molecule has 0 fully saturated rings. The molecule has 0 aromatic carbocycles. The Bertz CT molecular complexity index is 130. The molecule has 0 aliphatic rings. The Morgan fingerprint density at radius 3 is 0.538 bits per heavy atom. The van der Waals surface area contributed by atoms with Crippen molar-refractivity contribution >= 4 is 129 Å². The molecule has 0 amide bonds. The molecule has 0 saturated carbocycles. The van der Waals surface area contributed by atoms with Crippen LogP contribution in [-0.4, -0.2) is 143 Å². The van der Waals surface area contributed by atoms with Gasteiger partial charge in [0.25, 0.3) is 0 Å². The first kappa shape index (κ1) is 30.2. The first-order chi connectivity index (χ1) is 4.00. The van der Waals surface area contributed by atoms with Gasteiger partial charge >= 0.3 is 129 Å². The largest absolute Gasteiger partial charge is 2.00 e. The van der Waals surface area contributed by atoms with E-state index < -0.39 is 15.6 Å². The predicted molar refractivity (Wildman–Crippen MR) is 45.8 cm³/mol. The number of hydrogen-bond donors (Lipinski definition) is 6. The van der Waals surface area contributed by atoms with Crippen LogP contribution in [-0.2, 0) is 9.13 Å². The number of hydrogen-bond acceptors (Lipinski definition) is 2. The van der Waals surface area contributed by atoms with Crippen LogP contribution in [0.3, 0.4) is 0 Å². The van der Waals surface area contributed by atoms with E-state index in [0.29, 0.717) is 0 Å². The van der Waals surface area contributed by atoms with Crippen molar-refractivity contribution in [2.45, 2.75) is 0 Å². The summed E-state index contributed by atoms with van der Waals surface area (Å²) in [6.07, 6.45) is 0. The molecule has 0 spiro atoms. The van der Waals surface area contributed by atoms with Gasteiger partial charge in [-0.25, -0.2) is 9.13 Å². The second-order valence-electron chi connectivity index (χ2n) is 1.03. The molecule has 0 aliphatic carbocycles. The van der Waals surface area contributed by atoms with Gasteiger partial charge in [-0.05, 0) is 0 Å². The molecular formula is H6Ca3O8P2+6. The van der Waals surface area contributed by atoms with E-state index in [-0.39, 0.29) is 113 Å². The molecule has 0 aliphatic heterocycles. The summed E-state index contributed by atoms with van der Waals surface area (Å²) in [7, 11) is -9.28. The summed E-state index contributed by atoms with van der Waals surface area (Å²) in [5.74, 6) is 0. The zero-order valence-corrected chi connectivity index (χ0v) is 14.9. The van der Waals surface area contributed by atoms with Crippen molar-refractivity contribution in [3.63, 3.8) is 0 Å². The third-order valence-corrected chi connectivity index (χ3v) is 0. The fourth-order valence-corrected chi connectivity index (χ4v) is 0. The molecule has 0 aromatic heterocycles. The average Bonchev–Trinajstić information content (AvgIpc) is 1.12. The van der Waals surface area contributed by atoms with Crippen molar-refractivity contribution in [2.24, 2.45) is 0 Å². The molecule has 0 radical (unpaired) electrons. The SMILES string of the molecule is O=P(O)(O)O.O=P(O)(O)O.[Ca+2].[Ca+2].[Ca+2]. The van der Waals surface area contributed by atoms with Gasteiger partial charge in [0.15, 0.2) is 0 Å². The van der Waals surface area contributed by atoms with Crippen LogP contribution < -0.4 is 0 Å². The minimum absolute atomic E-state index is 0. The summed E-state index contributed by atoms with van der Waals surface area (Å²) >= 11 is 0. The topological polar surface area (TPSA) is 156 Å². The van der Waals surface area contributed by atoms with E-state index in [1.807, 2.05) is 0 Å². The van der Waals surface area contributed by atoms with E-state index in [2.05, 4.69) is 0 Å². The summed E-state index contributed by atoms with van der Waals surface area (Å²) in [5, 5.41) is 0.